The Morgan fingerprint density at radius 3 is 2.34 bits per heavy atom. The van der Waals surface area contributed by atoms with Crippen molar-refractivity contribution in [2.24, 2.45) is 0 Å². The van der Waals surface area contributed by atoms with E-state index < -0.39 is 23.8 Å². The smallest absolute Gasteiger partial charge is 0.329 e. The van der Waals surface area contributed by atoms with Gasteiger partial charge in [-0.2, -0.15) is 0 Å². The van der Waals surface area contributed by atoms with E-state index in [1.165, 1.54) is 19.2 Å². The predicted molar refractivity (Wildman–Crippen MR) is 151 cm³/mol. The number of anilines is 1. The lowest BCUT2D eigenvalue weighted by molar-refractivity contribution is -0.118. The van der Waals surface area contributed by atoms with Crippen LogP contribution in [0.15, 0.2) is 103 Å². The third kappa shape index (κ3) is 5.12. The zero-order valence-corrected chi connectivity index (χ0v) is 21.9. The topological polar surface area (TPSA) is 90.0 Å². The molecule has 1 aliphatic rings. The Bertz CT molecular complexity index is 1750. The number of fused-ring (bicyclic) bond motifs is 1. The van der Waals surface area contributed by atoms with Crippen molar-refractivity contribution < 1.29 is 28.2 Å². The number of aromatic nitrogens is 1. The molecular weight excluding hydrogens is 525 g/mol. The normalized spacial score (nSPS) is 14.7. The van der Waals surface area contributed by atoms with E-state index >= 15 is 4.39 Å². The van der Waals surface area contributed by atoms with Crippen LogP contribution >= 0.6 is 0 Å². The Labute approximate surface area is 234 Å². The Morgan fingerprint density at radius 2 is 1.61 bits per heavy atom. The van der Waals surface area contributed by atoms with Gasteiger partial charge < -0.3 is 19.5 Å². The number of imide groups is 1. The summed E-state index contributed by atoms with van der Waals surface area (Å²) >= 11 is 0. The van der Waals surface area contributed by atoms with E-state index in [0.29, 0.717) is 40.3 Å². The van der Waals surface area contributed by atoms with Crippen LogP contribution in [0.2, 0.25) is 0 Å². The molecule has 204 valence electrons. The van der Waals surface area contributed by atoms with Crippen molar-refractivity contribution in [2.75, 3.05) is 12.0 Å². The molecule has 1 fully saturated rings. The number of nitrogens with zero attached hydrogens (tertiary/aromatic N) is 2. The zero-order chi connectivity index (χ0) is 28.3. The van der Waals surface area contributed by atoms with Gasteiger partial charge in [0, 0.05) is 23.7 Å². The summed E-state index contributed by atoms with van der Waals surface area (Å²) in [5.74, 6) is -0.0113. The van der Waals surface area contributed by atoms with Crippen LogP contribution in [0.25, 0.3) is 10.9 Å². The summed E-state index contributed by atoms with van der Waals surface area (Å²) in [4.78, 5) is 31.0. The number of ether oxygens (including phenoxy) is 3. The second-order valence-corrected chi connectivity index (χ2v) is 9.29. The molecule has 1 aliphatic heterocycles. The third-order valence-corrected chi connectivity index (χ3v) is 6.69. The van der Waals surface area contributed by atoms with Crippen molar-refractivity contribution in [2.45, 2.75) is 12.6 Å². The molecule has 9 heteroatoms. The van der Waals surface area contributed by atoms with Gasteiger partial charge in [-0.25, -0.2) is 14.1 Å². The van der Waals surface area contributed by atoms with Gasteiger partial charge in [-0.05, 0) is 35.4 Å². The molecule has 5 aromatic rings. The van der Waals surface area contributed by atoms with Gasteiger partial charge in [0.1, 0.15) is 18.4 Å². The van der Waals surface area contributed by atoms with Crippen LogP contribution in [-0.2, 0) is 11.4 Å². The Morgan fingerprint density at radius 1 is 0.854 bits per heavy atom. The summed E-state index contributed by atoms with van der Waals surface area (Å²) in [7, 11) is 1.53. The molecule has 8 nitrogen and oxygen atoms in total. The second-order valence-electron chi connectivity index (χ2n) is 9.29. The van der Waals surface area contributed by atoms with Crippen molar-refractivity contribution in [3.8, 4) is 23.0 Å². The fourth-order valence-electron chi connectivity index (χ4n) is 4.65. The van der Waals surface area contributed by atoms with Crippen LogP contribution in [0.1, 0.15) is 17.2 Å². The van der Waals surface area contributed by atoms with E-state index in [-0.39, 0.29) is 11.4 Å². The SMILES string of the molecule is COc1cc2c(Oc3ccc(N4C(=O)NC(c5ccccc5)C4=O)cc3F)ccnc2cc1OCc1ccccc1. The maximum absolute atomic E-state index is 15.3. The maximum Gasteiger partial charge on any atom is 0.329 e. The van der Waals surface area contributed by atoms with Crippen LogP contribution in [0.3, 0.4) is 0 Å². The number of methoxy groups -OCH3 is 1. The lowest BCUT2D eigenvalue weighted by Crippen LogP contribution is -2.30. The monoisotopic (exact) mass is 549 g/mol. The van der Waals surface area contributed by atoms with Crippen molar-refractivity contribution in [1.29, 1.82) is 0 Å². The van der Waals surface area contributed by atoms with E-state index in [2.05, 4.69) is 10.3 Å². The lowest BCUT2D eigenvalue weighted by atomic mass is 10.1. The number of pyridine rings is 1. The first-order valence-corrected chi connectivity index (χ1v) is 12.8. The van der Waals surface area contributed by atoms with Gasteiger partial charge in [-0.1, -0.05) is 60.7 Å². The Balaban J connectivity index is 1.24. The summed E-state index contributed by atoms with van der Waals surface area (Å²) in [5, 5.41) is 3.23. The highest BCUT2D eigenvalue weighted by atomic mass is 19.1. The van der Waals surface area contributed by atoms with Gasteiger partial charge >= 0.3 is 6.03 Å². The fraction of sp³-hybridized carbons (Fsp3) is 0.0938. The average molecular weight is 550 g/mol. The molecular formula is C32H24FN3O5. The van der Waals surface area contributed by atoms with E-state index in [4.69, 9.17) is 14.2 Å². The average Bonchev–Trinajstić information content (AvgIpc) is 3.31. The van der Waals surface area contributed by atoms with E-state index in [1.54, 1.807) is 48.7 Å². The highest BCUT2D eigenvalue weighted by Gasteiger charge is 2.40. The predicted octanol–water partition coefficient (Wildman–Crippen LogP) is 6.55. The quantitative estimate of drug-likeness (QED) is 0.221. The number of urea groups is 1. The number of carbonyl (C=O) groups excluding carboxylic acids is 2. The van der Waals surface area contributed by atoms with Crippen LogP contribution in [0.5, 0.6) is 23.0 Å². The molecule has 41 heavy (non-hydrogen) atoms. The van der Waals surface area contributed by atoms with Gasteiger partial charge in [0.05, 0.1) is 18.3 Å². The molecule has 1 N–H and O–H groups in total. The molecule has 1 unspecified atom stereocenters. The molecule has 0 radical (unpaired) electrons. The van der Waals surface area contributed by atoms with Crippen molar-refractivity contribution >= 4 is 28.5 Å². The number of amides is 3. The minimum Gasteiger partial charge on any atom is -0.493 e. The molecule has 4 aromatic carbocycles. The van der Waals surface area contributed by atoms with Crippen molar-refractivity contribution in [1.82, 2.24) is 10.3 Å². The second kappa shape index (κ2) is 11.0. The largest absolute Gasteiger partial charge is 0.493 e. The van der Waals surface area contributed by atoms with Crippen LogP contribution in [0.4, 0.5) is 14.9 Å². The molecule has 2 heterocycles. The Hall–Kier alpha value is -5.44. The van der Waals surface area contributed by atoms with E-state index in [9.17, 15) is 9.59 Å². The number of rotatable bonds is 8. The molecule has 1 atom stereocenters. The van der Waals surface area contributed by atoms with Gasteiger partial charge in [0.15, 0.2) is 23.1 Å². The highest BCUT2D eigenvalue weighted by Crippen LogP contribution is 2.38. The minimum absolute atomic E-state index is 0.0868. The third-order valence-electron chi connectivity index (χ3n) is 6.69. The number of carbonyl (C=O) groups is 2. The maximum atomic E-state index is 15.3. The molecule has 1 aromatic heterocycles. The molecule has 0 spiro atoms. The van der Waals surface area contributed by atoms with Crippen LogP contribution in [-0.4, -0.2) is 24.0 Å². The van der Waals surface area contributed by atoms with Gasteiger partial charge in [-0.3, -0.25) is 9.78 Å². The van der Waals surface area contributed by atoms with Crippen molar-refractivity contribution in [3.63, 3.8) is 0 Å². The number of hydrogen-bond acceptors (Lipinski definition) is 6. The first-order valence-electron chi connectivity index (χ1n) is 12.8. The lowest BCUT2D eigenvalue weighted by Gasteiger charge is -2.16. The molecule has 0 bridgehead atoms. The summed E-state index contributed by atoms with van der Waals surface area (Å²) < 4.78 is 32.7. The van der Waals surface area contributed by atoms with E-state index in [0.717, 1.165) is 16.5 Å². The number of hydrogen-bond donors (Lipinski definition) is 1. The van der Waals surface area contributed by atoms with Gasteiger partial charge in [-0.15, -0.1) is 0 Å². The summed E-state index contributed by atoms with van der Waals surface area (Å²) in [6.07, 6.45) is 1.55. The molecule has 6 rings (SSSR count). The number of nitrogens with one attached hydrogen (secondary N) is 1. The van der Waals surface area contributed by atoms with Gasteiger partial charge in [0.25, 0.3) is 5.91 Å². The van der Waals surface area contributed by atoms with Gasteiger partial charge in [0.2, 0.25) is 0 Å². The Kier molecular flexibility index (Phi) is 6.91. The molecule has 0 aliphatic carbocycles. The summed E-state index contributed by atoms with van der Waals surface area (Å²) in [6, 6.07) is 26.1. The zero-order valence-electron chi connectivity index (χ0n) is 21.9. The molecule has 1 saturated heterocycles. The highest BCUT2D eigenvalue weighted by molar-refractivity contribution is 6.21. The summed E-state index contributed by atoms with van der Waals surface area (Å²) in [6.45, 7) is 0.347. The molecule has 0 saturated carbocycles. The van der Waals surface area contributed by atoms with E-state index in [1.807, 2.05) is 36.4 Å². The first kappa shape index (κ1) is 25.8. The van der Waals surface area contributed by atoms with Crippen LogP contribution < -0.4 is 24.4 Å². The first-order chi connectivity index (χ1) is 20.0. The minimum atomic E-state index is -0.845. The number of halogens is 1. The molecule has 3 amide bonds. The summed E-state index contributed by atoms with van der Waals surface area (Å²) in [5.41, 5.74) is 2.30. The van der Waals surface area contributed by atoms with Crippen LogP contribution in [0, 0.1) is 5.82 Å². The van der Waals surface area contributed by atoms with Crippen molar-refractivity contribution in [3.05, 3.63) is 120 Å². The standard InChI is InChI=1S/C32H24FN3O5/c1-39-28-17-23-25(18-29(28)40-19-20-8-4-2-5-9-20)34-15-14-26(23)41-27-13-12-22(16-24(27)33)36-31(37)30(35-32(36)38)21-10-6-3-7-11-21/h2-18,30H,19H2,1H3,(H,35,38). The number of benzene rings is 4. The fourth-order valence-corrected chi connectivity index (χ4v) is 4.65.